The van der Waals surface area contributed by atoms with E-state index in [9.17, 15) is 0 Å². The summed E-state index contributed by atoms with van der Waals surface area (Å²) in [5, 5.41) is 3.72. The van der Waals surface area contributed by atoms with E-state index in [4.69, 9.17) is 0 Å². The average Bonchev–Trinajstić information content (AvgIpc) is 2.14. The lowest BCUT2D eigenvalue weighted by atomic mass is 11.0. The zero-order chi connectivity index (χ0) is 5.11. The second kappa shape index (κ2) is 2.20. The zero-order valence-corrected chi connectivity index (χ0v) is 4.83. The van der Waals surface area contributed by atoms with E-state index in [-0.39, 0.29) is 0 Å². The van der Waals surface area contributed by atoms with Crippen LogP contribution < -0.4 is 10.3 Å². The van der Waals surface area contributed by atoms with E-state index in [1.54, 1.807) is 5.12 Å². The molecule has 0 spiro atoms. The Morgan fingerprint density at radius 3 is 3.00 bits per heavy atom. The molecule has 1 rings (SSSR count). The fourth-order valence-electron chi connectivity index (χ4n) is 0.329. The van der Waals surface area contributed by atoms with Gasteiger partial charge in [-0.05, 0) is 11.9 Å². The molecule has 0 aliphatic carbocycles. The summed E-state index contributed by atoms with van der Waals surface area (Å²) in [6, 6.07) is 0. The van der Waals surface area contributed by atoms with Gasteiger partial charge in [0.2, 0.25) is 0 Å². The standard InChI is InChI=1S/C3H7N3S/c1-4-6-2-3-7-5-6/h2-5H,1H3. The van der Waals surface area contributed by atoms with Gasteiger partial charge in [0.25, 0.3) is 0 Å². The molecule has 0 saturated heterocycles. The molecule has 0 amide bonds. The first-order chi connectivity index (χ1) is 3.43. The Balaban J connectivity index is 2.28. The fraction of sp³-hybridized carbons (Fsp3) is 0.333. The first-order valence-electron chi connectivity index (χ1n) is 1.98. The topological polar surface area (TPSA) is 27.3 Å². The highest BCUT2D eigenvalue weighted by molar-refractivity contribution is 8.00. The Morgan fingerprint density at radius 2 is 2.71 bits per heavy atom. The van der Waals surface area contributed by atoms with Gasteiger partial charge in [0, 0.05) is 18.7 Å². The van der Waals surface area contributed by atoms with Crippen LogP contribution in [0.25, 0.3) is 0 Å². The number of rotatable bonds is 1. The number of nitrogens with zero attached hydrogens (tertiary/aromatic N) is 1. The third-order valence-corrected chi connectivity index (χ3v) is 1.23. The summed E-state index contributed by atoms with van der Waals surface area (Å²) < 4.78 is 0. The van der Waals surface area contributed by atoms with Crippen molar-refractivity contribution in [2.24, 2.45) is 0 Å². The van der Waals surface area contributed by atoms with E-state index >= 15 is 0 Å². The third kappa shape index (κ3) is 1.09. The van der Waals surface area contributed by atoms with Crippen LogP contribution in [-0.2, 0) is 0 Å². The maximum Gasteiger partial charge on any atom is 0.0426 e. The van der Waals surface area contributed by atoms with Gasteiger partial charge in [-0.3, -0.25) is 0 Å². The van der Waals surface area contributed by atoms with Crippen molar-refractivity contribution in [2.45, 2.75) is 0 Å². The molecule has 1 aliphatic heterocycles. The van der Waals surface area contributed by atoms with Crippen LogP contribution in [0.5, 0.6) is 0 Å². The summed E-state index contributed by atoms with van der Waals surface area (Å²) in [4.78, 5) is 2.93. The Hall–Kier alpha value is -0.190. The van der Waals surface area contributed by atoms with Crippen LogP contribution in [0.3, 0.4) is 0 Å². The Morgan fingerprint density at radius 1 is 1.86 bits per heavy atom. The predicted molar refractivity (Wildman–Crippen MR) is 30.8 cm³/mol. The van der Waals surface area contributed by atoms with Crippen LogP contribution >= 0.6 is 11.9 Å². The molecule has 1 aliphatic rings. The highest BCUT2D eigenvalue weighted by Gasteiger charge is 1.96. The second-order valence-electron chi connectivity index (χ2n) is 1.09. The molecule has 0 aromatic rings. The Labute approximate surface area is 46.8 Å². The predicted octanol–water partition coefficient (Wildman–Crippen LogP) is 0.0604. The van der Waals surface area contributed by atoms with E-state index in [1.807, 2.05) is 18.7 Å². The molecule has 0 radical (unpaired) electrons. The van der Waals surface area contributed by atoms with Crippen molar-refractivity contribution in [3.63, 3.8) is 0 Å². The number of hydrazine groups is 2. The van der Waals surface area contributed by atoms with Gasteiger partial charge in [-0.1, -0.05) is 0 Å². The highest BCUT2D eigenvalue weighted by atomic mass is 32.2. The molecule has 0 atom stereocenters. The maximum atomic E-state index is 2.93. The van der Waals surface area contributed by atoms with Gasteiger partial charge < -0.3 is 0 Å². The lowest BCUT2D eigenvalue weighted by Gasteiger charge is -2.10. The number of nitrogens with one attached hydrogen (secondary N) is 2. The van der Waals surface area contributed by atoms with E-state index in [0.717, 1.165) is 0 Å². The summed E-state index contributed by atoms with van der Waals surface area (Å²) in [6.07, 6.45) is 1.91. The van der Waals surface area contributed by atoms with Gasteiger partial charge in [0.1, 0.15) is 0 Å². The minimum absolute atomic E-state index is 1.54. The molecule has 3 nitrogen and oxygen atoms in total. The van der Waals surface area contributed by atoms with Gasteiger partial charge in [0.05, 0.1) is 0 Å². The summed E-state index contributed by atoms with van der Waals surface area (Å²) >= 11 is 1.54. The van der Waals surface area contributed by atoms with E-state index in [2.05, 4.69) is 10.3 Å². The molecule has 0 aromatic carbocycles. The lowest BCUT2D eigenvalue weighted by Crippen LogP contribution is -2.34. The van der Waals surface area contributed by atoms with Gasteiger partial charge in [-0.25, -0.2) is 10.5 Å². The van der Waals surface area contributed by atoms with Gasteiger partial charge in [0.15, 0.2) is 0 Å². The van der Waals surface area contributed by atoms with Crippen LogP contribution in [0.2, 0.25) is 0 Å². The quantitative estimate of drug-likeness (QED) is 0.475. The minimum atomic E-state index is 1.54. The van der Waals surface area contributed by atoms with Gasteiger partial charge in [-0.2, -0.15) is 4.83 Å². The van der Waals surface area contributed by atoms with Crippen LogP contribution in [0, 0.1) is 0 Å². The SMILES string of the molecule is CNN1C=CSN1. The van der Waals surface area contributed by atoms with Gasteiger partial charge >= 0.3 is 0 Å². The monoisotopic (exact) mass is 117 g/mol. The van der Waals surface area contributed by atoms with Crippen molar-refractivity contribution in [3.8, 4) is 0 Å². The summed E-state index contributed by atoms with van der Waals surface area (Å²) in [7, 11) is 1.85. The molecular weight excluding hydrogens is 110 g/mol. The number of hydrogen-bond donors (Lipinski definition) is 2. The van der Waals surface area contributed by atoms with Crippen LogP contribution in [0.15, 0.2) is 11.6 Å². The van der Waals surface area contributed by atoms with E-state index < -0.39 is 0 Å². The van der Waals surface area contributed by atoms with Crippen LogP contribution in [0.1, 0.15) is 0 Å². The molecular formula is C3H7N3S. The molecule has 2 N–H and O–H groups in total. The molecule has 0 aromatic heterocycles. The lowest BCUT2D eigenvalue weighted by molar-refractivity contribution is 0.282. The normalized spacial score (nSPS) is 18.7. The van der Waals surface area contributed by atoms with Crippen molar-refractivity contribution in [3.05, 3.63) is 11.6 Å². The first-order valence-corrected chi connectivity index (χ1v) is 2.86. The molecule has 0 unspecified atom stereocenters. The molecule has 0 fully saturated rings. The molecule has 7 heavy (non-hydrogen) atoms. The summed E-state index contributed by atoms with van der Waals surface area (Å²) in [6.45, 7) is 0. The first kappa shape index (κ1) is 4.96. The fourth-order valence-corrected chi connectivity index (χ4v) is 0.838. The van der Waals surface area contributed by atoms with E-state index in [1.165, 1.54) is 11.9 Å². The van der Waals surface area contributed by atoms with E-state index in [0.29, 0.717) is 0 Å². The largest absolute Gasteiger partial charge is 0.238 e. The molecule has 4 heteroatoms. The molecule has 1 heterocycles. The van der Waals surface area contributed by atoms with Crippen molar-refractivity contribution >= 4 is 11.9 Å². The maximum absolute atomic E-state index is 2.93. The Kier molecular flexibility index (Phi) is 1.56. The minimum Gasteiger partial charge on any atom is -0.238 e. The Bertz CT molecular complexity index is 82.2. The zero-order valence-electron chi connectivity index (χ0n) is 4.01. The molecule has 0 saturated carbocycles. The summed E-state index contributed by atoms with van der Waals surface area (Å²) in [5.74, 6) is 0. The van der Waals surface area contributed by atoms with Crippen molar-refractivity contribution < 1.29 is 0 Å². The van der Waals surface area contributed by atoms with Crippen LogP contribution in [0.4, 0.5) is 0 Å². The summed E-state index contributed by atoms with van der Waals surface area (Å²) in [5.41, 5.74) is 2.88. The van der Waals surface area contributed by atoms with Crippen molar-refractivity contribution in [2.75, 3.05) is 7.05 Å². The third-order valence-electron chi connectivity index (χ3n) is 0.670. The average molecular weight is 117 g/mol. The van der Waals surface area contributed by atoms with Crippen LogP contribution in [-0.4, -0.2) is 12.2 Å². The molecule has 40 valence electrons. The van der Waals surface area contributed by atoms with Gasteiger partial charge in [-0.15, -0.1) is 0 Å². The highest BCUT2D eigenvalue weighted by Crippen LogP contribution is 2.03. The smallest absolute Gasteiger partial charge is 0.0426 e. The second-order valence-corrected chi connectivity index (χ2v) is 1.78. The van der Waals surface area contributed by atoms with Crippen molar-refractivity contribution in [1.82, 2.24) is 15.4 Å². The molecule has 0 bridgehead atoms. The van der Waals surface area contributed by atoms with Crippen molar-refractivity contribution in [1.29, 1.82) is 0 Å². The number of hydrogen-bond acceptors (Lipinski definition) is 4.